The molecule has 1 heterocycles. The zero-order chi connectivity index (χ0) is 11.1. The molecule has 0 spiro atoms. The maximum absolute atomic E-state index is 6.42. The third kappa shape index (κ3) is 2.74. The lowest BCUT2D eigenvalue weighted by Gasteiger charge is -2.19. The second-order valence-corrected chi connectivity index (χ2v) is 19.3. The van der Waals surface area contributed by atoms with E-state index in [1.807, 2.05) is 18.2 Å². The fourth-order valence-electron chi connectivity index (χ4n) is 2.04. The largest absolute Gasteiger partial charge is 0.258 e. The SMILES string of the molecule is Cl[Si]1(Cl)C[C@H](c2ccccc2)[Si](Cl)(Cl)C1. The molecule has 82 valence electrons. The third-order valence-corrected chi connectivity index (χ3v) is 17.0. The smallest absolute Gasteiger partial charge is 0.146 e. The van der Waals surface area contributed by atoms with Crippen LogP contribution in [-0.4, -0.2) is 13.4 Å². The van der Waals surface area contributed by atoms with Crippen LogP contribution in [0.1, 0.15) is 11.1 Å². The van der Waals surface area contributed by atoms with Crippen molar-refractivity contribution in [3.8, 4) is 0 Å². The van der Waals surface area contributed by atoms with Crippen LogP contribution < -0.4 is 0 Å². The van der Waals surface area contributed by atoms with Crippen molar-refractivity contribution in [2.24, 2.45) is 0 Å². The van der Waals surface area contributed by atoms with Crippen molar-refractivity contribution in [1.29, 1.82) is 0 Å². The van der Waals surface area contributed by atoms with Gasteiger partial charge in [0.15, 0.2) is 0 Å². The van der Waals surface area contributed by atoms with E-state index in [0.717, 1.165) is 6.04 Å². The van der Waals surface area contributed by atoms with Crippen molar-refractivity contribution in [3.63, 3.8) is 0 Å². The van der Waals surface area contributed by atoms with Crippen molar-refractivity contribution >= 4 is 57.7 Å². The molecule has 1 aromatic rings. The monoisotopic (exact) mass is 314 g/mol. The first kappa shape index (κ1) is 12.3. The van der Waals surface area contributed by atoms with Gasteiger partial charge in [-0.25, -0.2) is 0 Å². The highest BCUT2D eigenvalue weighted by Crippen LogP contribution is 2.53. The predicted molar refractivity (Wildman–Crippen MR) is 73.7 cm³/mol. The molecule has 0 saturated carbocycles. The standard InChI is InChI=1S/C9H10Cl4Si2/c10-14(11)6-9(15(12,13)7-14)8-4-2-1-3-5-8/h1-5,9H,6-7H2/t9-/m1/s1. The minimum atomic E-state index is -2.30. The fraction of sp³-hybridized carbons (Fsp3) is 0.333. The molecule has 0 aromatic heterocycles. The summed E-state index contributed by atoms with van der Waals surface area (Å²) in [6.45, 7) is -4.48. The van der Waals surface area contributed by atoms with E-state index in [2.05, 4.69) is 12.1 Å². The molecule has 1 aromatic carbocycles. The maximum atomic E-state index is 6.42. The van der Waals surface area contributed by atoms with Gasteiger partial charge in [0.25, 0.3) is 13.4 Å². The molecule has 1 aliphatic heterocycles. The Morgan fingerprint density at radius 3 is 2.07 bits per heavy atom. The summed E-state index contributed by atoms with van der Waals surface area (Å²) in [5.74, 6) is 0. The van der Waals surface area contributed by atoms with E-state index < -0.39 is 13.4 Å². The molecule has 1 fully saturated rings. The summed E-state index contributed by atoms with van der Waals surface area (Å²) in [6.07, 6.45) is 0. The first-order valence-electron chi connectivity index (χ1n) is 4.71. The van der Waals surface area contributed by atoms with Gasteiger partial charge in [0.05, 0.1) is 0 Å². The maximum Gasteiger partial charge on any atom is 0.258 e. The fourth-order valence-corrected chi connectivity index (χ4v) is 24.3. The van der Waals surface area contributed by atoms with E-state index in [4.69, 9.17) is 44.3 Å². The number of rotatable bonds is 1. The number of benzene rings is 1. The average molecular weight is 316 g/mol. The number of hydrogen-bond donors (Lipinski definition) is 0. The first-order valence-corrected chi connectivity index (χ1v) is 13.5. The van der Waals surface area contributed by atoms with E-state index in [-0.39, 0.29) is 5.54 Å². The Morgan fingerprint density at radius 2 is 1.60 bits per heavy atom. The van der Waals surface area contributed by atoms with E-state index in [0.29, 0.717) is 5.67 Å². The van der Waals surface area contributed by atoms with Crippen LogP contribution in [0.5, 0.6) is 0 Å². The quantitative estimate of drug-likeness (QED) is 0.520. The number of hydrogen-bond acceptors (Lipinski definition) is 0. The van der Waals surface area contributed by atoms with Crippen LogP contribution in [0, 0.1) is 0 Å². The van der Waals surface area contributed by atoms with Gasteiger partial charge in [-0.15, -0.1) is 44.3 Å². The molecule has 1 atom stereocenters. The Balaban J connectivity index is 2.31. The van der Waals surface area contributed by atoms with Crippen LogP contribution in [0.25, 0.3) is 0 Å². The van der Waals surface area contributed by atoms with Gasteiger partial charge in [-0.3, -0.25) is 0 Å². The van der Waals surface area contributed by atoms with Gasteiger partial charge >= 0.3 is 0 Å². The van der Waals surface area contributed by atoms with Crippen LogP contribution in [-0.2, 0) is 0 Å². The van der Waals surface area contributed by atoms with E-state index in [1.54, 1.807) is 0 Å². The Morgan fingerprint density at radius 1 is 1.00 bits per heavy atom. The molecule has 0 N–H and O–H groups in total. The molecule has 0 radical (unpaired) electrons. The average Bonchev–Trinajstić information content (AvgIpc) is 2.36. The lowest BCUT2D eigenvalue weighted by molar-refractivity contribution is 1.06. The van der Waals surface area contributed by atoms with Gasteiger partial charge in [0, 0.05) is 5.54 Å². The summed E-state index contributed by atoms with van der Waals surface area (Å²) < 4.78 is 0. The Bertz CT molecular complexity index is 352. The third-order valence-electron chi connectivity index (χ3n) is 2.71. The zero-order valence-corrected chi connectivity index (χ0v) is 12.9. The van der Waals surface area contributed by atoms with Crippen molar-refractivity contribution < 1.29 is 0 Å². The molecule has 2 rings (SSSR count). The van der Waals surface area contributed by atoms with Crippen molar-refractivity contribution in [2.75, 3.05) is 0 Å². The lowest BCUT2D eigenvalue weighted by Crippen LogP contribution is -2.24. The van der Waals surface area contributed by atoms with E-state index >= 15 is 0 Å². The second-order valence-electron chi connectivity index (χ2n) is 3.96. The normalized spacial score (nSPS) is 27.9. The summed E-state index contributed by atoms with van der Waals surface area (Å²) in [6, 6.07) is 10.9. The van der Waals surface area contributed by atoms with Crippen LogP contribution in [0.3, 0.4) is 0 Å². The van der Waals surface area contributed by atoms with E-state index in [9.17, 15) is 0 Å². The lowest BCUT2D eigenvalue weighted by atomic mass is 10.2. The zero-order valence-electron chi connectivity index (χ0n) is 7.89. The van der Waals surface area contributed by atoms with Gasteiger partial charge in [0.2, 0.25) is 0 Å². The van der Waals surface area contributed by atoms with Crippen LogP contribution in [0.2, 0.25) is 11.7 Å². The molecular weight excluding hydrogens is 306 g/mol. The van der Waals surface area contributed by atoms with Crippen molar-refractivity contribution in [2.45, 2.75) is 17.3 Å². The van der Waals surface area contributed by atoms with Gasteiger partial charge in [-0.05, 0) is 17.3 Å². The summed E-state index contributed by atoms with van der Waals surface area (Å²) in [4.78, 5) is 0. The minimum Gasteiger partial charge on any atom is -0.146 e. The summed E-state index contributed by atoms with van der Waals surface area (Å²) in [5, 5.41) is 0. The molecule has 0 bridgehead atoms. The molecule has 0 aliphatic carbocycles. The highest BCUT2D eigenvalue weighted by molar-refractivity contribution is 7.59. The van der Waals surface area contributed by atoms with Gasteiger partial charge in [-0.1, -0.05) is 30.3 Å². The summed E-state index contributed by atoms with van der Waals surface area (Å²) in [5.41, 5.74) is 2.06. The highest BCUT2D eigenvalue weighted by atomic mass is 35.7. The Hall–Kier alpha value is 0.814. The Kier molecular flexibility index (Phi) is 3.47. The molecule has 6 heteroatoms. The van der Waals surface area contributed by atoms with Crippen LogP contribution in [0.15, 0.2) is 30.3 Å². The summed E-state index contributed by atoms with van der Waals surface area (Å²) >= 11 is 25.4. The molecule has 15 heavy (non-hydrogen) atoms. The van der Waals surface area contributed by atoms with E-state index in [1.165, 1.54) is 5.56 Å². The van der Waals surface area contributed by atoms with Crippen LogP contribution in [0.4, 0.5) is 0 Å². The number of halogens is 4. The predicted octanol–water partition coefficient (Wildman–Crippen LogP) is 4.70. The first-order chi connectivity index (χ1) is 6.91. The molecule has 0 amide bonds. The topological polar surface area (TPSA) is 0 Å². The second kappa shape index (κ2) is 4.24. The minimum absolute atomic E-state index is 0.198. The molecule has 0 unspecified atom stereocenters. The van der Waals surface area contributed by atoms with Gasteiger partial charge in [-0.2, -0.15) is 0 Å². The molecule has 1 aliphatic rings. The summed E-state index contributed by atoms with van der Waals surface area (Å²) in [7, 11) is 0. The highest BCUT2D eigenvalue weighted by Gasteiger charge is 2.56. The van der Waals surface area contributed by atoms with Gasteiger partial charge < -0.3 is 0 Å². The van der Waals surface area contributed by atoms with Crippen molar-refractivity contribution in [1.82, 2.24) is 0 Å². The van der Waals surface area contributed by atoms with Crippen LogP contribution >= 0.6 is 44.3 Å². The molecular formula is C9H10Cl4Si2. The van der Waals surface area contributed by atoms with Gasteiger partial charge in [0.1, 0.15) is 0 Å². The van der Waals surface area contributed by atoms with Crippen molar-refractivity contribution in [3.05, 3.63) is 35.9 Å². The molecule has 1 saturated heterocycles. The Labute approximate surface area is 110 Å². The molecule has 0 nitrogen and oxygen atoms in total.